The highest BCUT2D eigenvalue weighted by Gasteiger charge is 2.25. The highest BCUT2D eigenvalue weighted by Crippen LogP contribution is 2.29. The molecular formula is C18H17N5O2. The summed E-state index contributed by atoms with van der Waals surface area (Å²) in [4.78, 5) is 25.6. The third-order valence-corrected chi connectivity index (χ3v) is 4.26. The molecule has 1 aliphatic carbocycles. The Morgan fingerprint density at radius 1 is 1.36 bits per heavy atom. The van der Waals surface area contributed by atoms with E-state index in [1.807, 2.05) is 12.1 Å². The van der Waals surface area contributed by atoms with Gasteiger partial charge in [-0.25, -0.2) is 9.97 Å². The van der Waals surface area contributed by atoms with Gasteiger partial charge in [0.1, 0.15) is 0 Å². The monoisotopic (exact) mass is 335 g/mol. The van der Waals surface area contributed by atoms with E-state index >= 15 is 0 Å². The van der Waals surface area contributed by atoms with Crippen molar-refractivity contribution in [2.24, 2.45) is 0 Å². The lowest BCUT2D eigenvalue weighted by Gasteiger charge is -2.25. The van der Waals surface area contributed by atoms with Gasteiger partial charge in [0.15, 0.2) is 5.82 Å². The van der Waals surface area contributed by atoms with E-state index < -0.39 is 0 Å². The Labute approximate surface area is 144 Å². The number of carbonyl (C=O) groups is 1. The Balaban J connectivity index is 1.59. The molecule has 7 heteroatoms. The van der Waals surface area contributed by atoms with Crippen molar-refractivity contribution >= 4 is 5.91 Å². The van der Waals surface area contributed by atoms with E-state index in [0.717, 1.165) is 36.1 Å². The molecule has 4 rings (SSSR count). The summed E-state index contributed by atoms with van der Waals surface area (Å²) in [6.07, 6.45) is 7.95. The van der Waals surface area contributed by atoms with Crippen LogP contribution >= 0.6 is 0 Å². The molecule has 0 saturated heterocycles. The fraction of sp³-hybridized carbons (Fsp3) is 0.278. The quantitative estimate of drug-likeness (QED) is 0.791. The zero-order chi connectivity index (χ0) is 17.2. The Morgan fingerprint density at radius 2 is 2.28 bits per heavy atom. The van der Waals surface area contributed by atoms with Crippen LogP contribution in [0.25, 0.3) is 11.4 Å². The second kappa shape index (κ2) is 6.43. The second-order valence-corrected chi connectivity index (χ2v) is 6.09. The lowest BCUT2D eigenvalue weighted by molar-refractivity contribution is 0.0895. The van der Waals surface area contributed by atoms with Gasteiger partial charge in [-0.2, -0.15) is 0 Å². The lowest BCUT2D eigenvalue weighted by Crippen LogP contribution is -2.31. The second-order valence-electron chi connectivity index (χ2n) is 6.09. The van der Waals surface area contributed by atoms with E-state index in [2.05, 4.69) is 25.4 Å². The zero-order valence-corrected chi connectivity index (χ0v) is 13.8. The van der Waals surface area contributed by atoms with Crippen molar-refractivity contribution in [1.82, 2.24) is 25.4 Å². The van der Waals surface area contributed by atoms with Crippen molar-refractivity contribution in [2.45, 2.75) is 32.2 Å². The van der Waals surface area contributed by atoms with Gasteiger partial charge in [-0.05, 0) is 38.3 Å². The van der Waals surface area contributed by atoms with Gasteiger partial charge < -0.3 is 9.84 Å². The van der Waals surface area contributed by atoms with Crippen LogP contribution < -0.4 is 5.32 Å². The number of fused-ring (bicyclic) bond motifs is 1. The molecule has 1 atom stereocenters. The summed E-state index contributed by atoms with van der Waals surface area (Å²) in [5, 5.41) is 6.75. The maximum atomic E-state index is 12.3. The molecule has 126 valence electrons. The van der Waals surface area contributed by atoms with E-state index in [9.17, 15) is 4.79 Å². The number of nitrogens with one attached hydrogen (secondary N) is 1. The standard InChI is InChI=1S/C18H17N5O2/c1-11-8-16(25-23-11)18(24)22-15-6-2-5-14-13(15)10-20-17(21-14)12-4-3-7-19-9-12/h3-4,7-10,15H,2,5-6H2,1H3,(H,22,24)/t15-/m1/s1. The molecule has 0 spiro atoms. The van der Waals surface area contributed by atoms with Gasteiger partial charge in [0.2, 0.25) is 5.76 Å². The van der Waals surface area contributed by atoms with Crippen LogP contribution in [-0.2, 0) is 6.42 Å². The summed E-state index contributed by atoms with van der Waals surface area (Å²) in [5.74, 6) is 0.608. The van der Waals surface area contributed by atoms with E-state index in [-0.39, 0.29) is 17.7 Å². The summed E-state index contributed by atoms with van der Waals surface area (Å²) >= 11 is 0. The molecule has 3 aromatic heterocycles. The number of aryl methyl sites for hydroxylation is 2. The molecule has 0 aliphatic heterocycles. The van der Waals surface area contributed by atoms with Crippen molar-refractivity contribution in [2.75, 3.05) is 0 Å². The summed E-state index contributed by atoms with van der Waals surface area (Å²) in [5.41, 5.74) is 3.50. The topological polar surface area (TPSA) is 93.8 Å². The fourth-order valence-electron chi connectivity index (χ4n) is 3.03. The molecular weight excluding hydrogens is 318 g/mol. The van der Waals surface area contributed by atoms with Gasteiger partial charge in [-0.3, -0.25) is 9.78 Å². The zero-order valence-electron chi connectivity index (χ0n) is 13.8. The maximum Gasteiger partial charge on any atom is 0.290 e. The third kappa shape index (κ3) is 3.13. The maximum absolute atomic E-state index is 12.3. The van der Waals surface area contributed by atoms with Crippen molar-refractivity contribution in [3.8, 4) is 11.4 Å². The lowest BCUT2D eigenvalue weighted by atomic mass is 9.92. The average Bonchev–Trinajstić information content (AvgIpc) is 3.09. The normalized spacial score (nSPS) is 16.3. The van der Waals surface area contributed by atoms with Crippen molar-refractivity contribution < 1.29 is 9.32 Å². The first-order valence-corrected chi connectivity index (χ1v) is 8.21. The predicted molar refractivity (Wildman–Crippen MR) is 89.6 cm³/mol. The first-order chi connectivity index (χ1) is 12.2. The van der Waals surface area contributed by atoms with Gasteiger partial charge >= 0.3 is 0 Å². The van der Waals surface area contributed by atoms with Crippen LogP contribution in [0.3, 0.4) is 0 Å². The summed E-state index contributed by atoms with van der Waals surface area (Å²) in [6, 6.07) is 5.30. The number of hydrogen-bond donors (Lipinski definition) is 1. The van der Waals surface area contributed by atoms with Gasteiger partial charge in [-0.1, -0.05) is 5.16 Å². The molecule has 1 N–H and O–H groups in total. The number of pyridine rings is 1. The molecule has 0 aromatic carbocycles. The summed E-state index contributed by atoms with van der Waals surface area (Å²) in [6.45, 7) is 1.78. The van der Waals surface area contributed by atoms with Crippen molar-refractivity contribution in [3.63, 3.8) is 0 Å². The Hall–Kier alpha value is -3.09. The molecule has 0 unspecified atom stereocenters. The van der Waals surface area contributed by atoms with Crippen LogP contribution in [0, 0.1) is 6.92 Å². The first kappa shape index (κ1) is 15.4. The van der Waals surface area contributed by atoms with E-state index in [0.29, 0.717) is 11.5 Å². The van der Waals surface area contributed by atoms with Crippen LogP contribution in [-0.4, -0.2) is 26.0 Å². The van der Waals surface area contributed by atoms with Gasteiger partial charge in [0.05, 0.1) is 11.7 Å². The molecule has 1 aliphatic rings. The smallest absolute Gasteiger partial charge is 0.290 e. The van der Waals surface area contributed by atoms with Gasteiger partial charge in [-0.15, -0.1) is 0 Å². The first-order valence-electron chi connectivity index (χ1n) is 8.21. The van der Waals surface area contributed by atoms with Crippen molar-refractivity contribution in [1.29, 1.82) is 0 Å². The molecule has 7 nitrogen and oxygen atoms in total. The Bertz CT molecular complexity index is 907. The largest absolute Gasteiger partial charge is 0.351 e. The number of rotatable bonds is 3. The number of hydrogen-bond acceptors (Lipinski definition) is 6. The number of amides is 1. The highest BCUT2D eigenvalue weighted by atomic mass is 16.5. The molecule has 1 amide bonds. The molecule has 0 radical (unpaired) electrons. The molecule has 0 bridgehead atoms. The predicted octanol–water partition coefficient (Wildman–Crippen LogP) is 2.64. The molecule has 25 heavy (non-hydrogen) atoms. The Morgan fingerprint density at radius 3 is 3.04 bits per heavy atom. The van der Waals surface area contributed by atoms with Crippen LogP contribution in [0.5, 0.6) is 0 Å². The molecule has 3 heterocycles. The van der Waals surface area contributed by atoms with E-state index in [4.69, 9.17) is 4.52 Å². The number of aromatic nitrogens is 4. The fourth-order valence-corrected chi connectivity index (χ4v) is 3.03. The van der Waals surface area contributed by atoms with Crippen LogP contribution in [0.15, 0.2) is 41.3 Å². The van der Waals surface area contributed by atoms with E-state index in [1.165, 1.54) is 0 Å². The summed E-state index contributed by atoms with van der Waals surface area (Å²) < 4.78 is 5.03. The summed E-state index contributed by atoms with van der Waals surface area (Å²) in [7, 11) is 0. The van der Waals surface area contributed by atoms with Crippen LogP contribution in [0.4, 0.5) is 0 Å². The minimum absolute atomic E-state index is 0.121. The average molecular weight is 335 g/mol. The van der Waals surface area contributed by atoms with Crippen molar-refractivity contribution in [3.05, 3.63) is 59.5 Å². The molecule has 0 fully saturated rings. The Kier molecular flexibility index (Phi) is 3.97. The SMILES string of the molecule is Cc1cc(C(=O)N[C@@H]2CCCc3nc(-c4cccnc4)ncc32)on1. The number of nitrogens with zero attached hydrogens (tertiary/aromatic N) is 4. The van der Waals surface area contributed by atoms with Gasteiger partial charge in [0.25, 0.3) is 5.91 Å². The number of carbonyl (C=O) groups excluding carboxylic acids is 1. The van der Waals surface area contributed by atoms with E-state index in [1.54, 1.807) is 31.6 Å². The minimum Gasteiger partial charge on any atom is -0.351 e. The van der Waals surface area contributed by atoms with Gasteiger partial charge in [0, 0.05) is 41.5 Å². The van der Waals surface area contributed by atoms with Crippen LogP contribution in [0.1, 0.15) is 46.4 Å². The third-order valence-electron chi connectivity index (χ3n) is 4.26. The minimum atomic E-state index is -0.269. The van der Waals surface area contributed by atoms with Crippen LogP contribution in [0.2, 0.25) is 0 Å². The highest BCUT2D eigenvalue weighted by molar-refractivity contribution is 5.91. The molecule has 3 aromatic rings. The molecule has 0 saturated carbocycles.